The quantitative estimate of drug-likeness (QED) is 0.428. The molecule has 0 spiro atoms. The van der Waals surface area contributed by atoms with E-state index in [1.54, 1.807) is 0 Å². The number of aryl methyl sites for hydroxylation is 1. The summed E-state index contributed by atoms with van der Waals surface area (Å²) in [5.41, 5.74) is 11.7. The second-order valence-electron chi connectivity index (χ2n) is 7.74. The lowest BCUT2D eigenvalue weighted by Crippen LogP contribution is -2.27. The van der Waals surface area contributed by atoms with Crippen LogP contribution in [0.5, 0.6) is 0 Å². The predicted octanol–water partition coefficient (Wildman–Crippen LogP) is 6.26. The highest BCUT2D eigenvalue weighted by molar-refractivity contribution is 7.98. The molecule has 0 amide bonds. The zero-order valence-corrected chi connectivity index (χ0v) is 16.5. The molecule has 1 fully saturated rings. The molecule has 1 aliphatic carbocycles. The van der Waals surface area contributed by atoms with Gasteiger partial charge in [0.1, 0.15) is 0 Å². The third-order valence-corrected chi connectivity index (χ3v) is 6.76. The molecular weight excluding hydrogens is 334 g/mol. The van der Waals surface area contributed by atoms with Crippen molar-refractivity contribution >= 4 is 28.2 Å². The predicted molar refractivity (Wildman–Crippen MR) is 115 cm³/mol. The second kappa shape index (κ2) is 7.36. The van der Waals surface area contributed by atoms with Crippen LogP contribution >= 0.6 is 11.8 Å². The third-order valence-electron chi connectivity index (χ3n) is 5.92. The number of hydrogen-bond acceptors (Lipinski definition) is 2. The van der Waals surface area contributed by atoms with Crippen LogP contribution in [0.2, 0.25) is 0 Å². The van der Waals surface area contributed by atoms with Crippen molar-refractivity contribution in [3.05, 3.63) is 71.3 Å². The van der Waals surface area contributed by atoms with Crippen LogP contribution in [-0.2, 0) is 12.8 Å². The lowest BCUT2D eigenvalue weighted by Gasteiger charge is -2.36. The van der Waals surface area contributed by atoms with Gasteiger partial charge in [-0.3, -0.25) is 0 Å². The molecule has 0 bridgehead atoms. The Bertz CT molecular complexity index is 925. The van der Waals surface area contributed by atoms with Gasteiger partial charge in [-0.15, -0.1) is 11.8 Å². The van der Waals surface area contributed by atoms with Crippen LogP contribution in [0, 0.1) is 18.8 Å². The highest BCUT2D eigenvalue weighted by Crippen LogP contribution is 2.41. The van der Waals surface area contributed by atoms with Crippen LogP contribution in [0.3, 0.4) is 0 Å². The van der Waals surface area contributed by atoms with Crippen molar-refractivity contribution in [3.8, 4) is 0 Å². The number of benzene rings is 3. The third kappa shape index (κ3) is 3.35. The first-order valence-electron chi connectivity index (χ1n) is 9.54. The minimum atomic E-state index is 0.782. The number of hydrogen-bond donors (Lipinski definition) is 1. The highest BCUT2D eigenvalue weighted by atomic mass is 32.2. The maximum absolute atomic E-state index is 6.51. The molecule has 1 nitrogen and oxygen atoms in total. The summed E-state index contributed by atoms with van der Waals surface area (Å²) in [6, 6.07) is 19.7. The Kier molecular flexibility index (Phi) is 4.95. The van der Waals surface area contributed by atoms with Crippen molar-refractivity contribution in [2.24, 2.45) is 11.8 Å². The topological polar surface area (TPSA) is 26.0 Å². The Morgan fingerprint density at radius 2 is 1.50 bits per heavy atom. The molecule has 2 heteroatoms. The number of anilines is 1. The van der Waals surface area contributed by atoms with Gasteiger partial charge in [0.25, 0.3) is 0 Å². The maximum Gasteiger partial charge on any atom is 0.0426 e. The Labute approximate surface area is 161 Å². The van der Waals surface area contributed by atoms with E-state index in [-0.39, 0.29) is 0 Å². The van der Waals surface area contributed by atoms with Gasteiger partial charge in [0.2, 0.25) is 0 Å². The van der Waals surface area contributed by atoms with Crippen molar-refractivity contribution in [2.75, 3.05) is 12.0 Å². The summed E-state index contributed by atoms with van der Waals surface area (Å²) in [5.74, 6) is 1.61. The molecule has 2 N–H and O–H groups in total. The first-order chi connectivity index (χ1) is 12.7. The van der Waals surface area contributed by atoms with Gasteiger partial charge in [-0.05, 0) is 78.8 Å². The van der Waals surface area contributed by atoms with Crippen molar-refractivity contribution in [2.45, 2.75) is 37.5 Å². The van der Waals surface area contributed by atoms with E-state index >= 15 is 0 Å². The zero-order valence-electron chi connectivity index (χ0n) is 15.7. The van der Waals surface area contributed by atoms with Crippen molar-refractivity contribution in [1.29, 1.82) is 0 Å². The SMILES string of the molecule is CSc1ccccc1CC1CC(Cc2cc(C)c3ccccc3c2N)C1. The average molecular weight is 362 g/mol. The molecule has 26 heavy (non-hydrogen) atoms. The molecule has 1 saturated carbocycles. The molecule has 0 heterocycles. The Morgan fingerprint density at radius 1 is 0.885 bits per heavy atom. The fraction of sp³-hybridized carbons (Fsp3) is 0.333. The molecular formula is C24H27NS. The van der Waals surface area contributed by atoms with Gasteiger partial charge in [0, 0.05) is 16.0 Å². The molecule has 0 atom stereocenters. The van der Waals surface area contributed by atoms with Gasteiger partial charge in [-0.25, -0.2) is 0 Å². The molecule has 0 aliphatic heterocycles. The van der Waals surface area contributed by atoms with Crippen LogP contribution in [0.4, 0.5) is 5.69 Å². The molecule has 0 aromatic heterocycles. The number of fused-ring (bicyclic) bond motifs is 1. The largest absolute Gasteiger partial charge is 0.398 e. The van der Waals surface area contributed by atoms with Gasteiger partial charge < -0.3 is 5.73 Å². The molecule has 4 rings (SSSR count). The summed E-state index contributed by atoms with van der Waals surface area (Å²) in [4.78, 5) is 1.44. The van der Waals surface area contributed by atoms with Crippen LogP contribution < -0.4 is 5.73 Å². The fourth-order valence-corrected chi connectivity index (χ4v) is 5.15. The Morgan fingerprint density at radius 3 is 2.23 bits per heavy atom. The summed E-state index contributed by atoms with van der Waals surface area (Å²) in [5, 5.41) is 2.50. The van der Waals surface area contributed by atoms with Gasteiger partial charge in [0.05, 0.1) is 0 Å². The number of nitrogen functional groups attached to an aromatic ring is 1. The van der Waals surface area contributed by atoms with Crippen molar-refractivity contribution in [1.82, 2.24) is 0 Å². The van der Waals surface area contributed by atoms with Crippen LogP contribution in [0.25, 0.3) is 10.8 Å². The van der Waals surface area contributed by atoms with E-state index in [4.69, 9.17) is 5.73 Å². The lowest BCUT2D eigenvalue weighted by atomic mass is 9.69. The Hall–Kier alpha value is -1.93. The van der Waals surface area contributed by atoms with Gasteiger partial charge in [0.15, 0.2) is 0 Å². The van der Waals surface area contributed by atoms with Gasteiger partial charge in [-0.2, -0.15) is 0 Å². The zero-order chi connectivity index (χ0) is 18.1. The Balaban J connectivity index is 1.43. The monoisotopic (exact) mass is 361 g/mol. The van der Waals surface area contributed by atoms with Crippen LogP contribution in [0.1, 0.15) is 29.5 Å². The van der Waals surface area contributed by atoms with E-state index in [2.05, 4.69) is 67.8 Å². The molecule has 3 aromatic rings. The summed E-state index contributed by atoms with van der Waals surface area (Å²) in [7, 11) is 0. The van der Waals surface area contributed by atoms with E-state index in [1.807, 2.05) is 11.8 Å². The summed E-state index contributed by atoms with van der Waals surface area (Å²) in [6.45, 7) is 2.20. The number of nitrogens with two attached hydrogens (primary N) is 1. The number of thioether (sulfide) groups is 1. The van der Waals surface area contributed by atoms with Gasteiger partial charge >= 0.3 is 0 Å². The maximum atomic E-state index is 6.51. The van der Waals surface area contributed by atoms with E-state index in [9.17, 15) is 0 Å². The summed E-state index contributed by atoms with van der Waals surface area (Å²) < 4.78 is 0. The summed E-state index contributed by atoms with van der Waals surface area (Å²) >= 11 is 1.86. The standard InChI is InChI=1S/C24H27NS/c1-16-11-20(24(25)22-9-5-4-8-21(16)22)15-18-12-17(13-18)14-19-7-3-6-10-23(19)26-2/h3-11,17-18H,12-15,25H2,1-2H3. The molecule has 0 saturated heterocycles. The van der Waals surface area contributed by atoms with Crippen molar-refractivity contribution in [3.63, 3.8) is 0 Å². The molecule has 1 aliphatic rings. The lowest BCUT2D eigenvalue weighted by molar-refractivity contribution is 0.191. The average Bonchev–Trinajstić information content (AvgIpc) is 2.64. The second-order valence-corrected chi connectivity index (χ2v) is 8.58. The smallest absolute Gasteiger partial charge is 0.0426 e. The van der Waals surface area contributed by atoms with Crippen molar-refractivity contribution < 1.29 is 0 Å². The first kappa shape index (κ1) is 17.5. The summed E-state index contributed by atoms with van der Waals surface area (Å²) in [6.07, 6.45) is 7.17. The van der Waals surface area contributed by atoms with Gasteiger partial charge in [-0.1, -0.05) is 48.5 Å². The van der Waals surface area contributed by atoms with Crippen LogP contribution in [0.15, 0.2) is 59.5 Å². The first-order valence-corrected chi connectivity index (χ1v) is 10.8. The molecule has 3 aromatic carbocycles. The van der Waals surface area contributed by atoms with E-state index < -0.39 is 0 Å². The van der Waals surface area contributed by atoms with E-state index in [1.165, 1.54) is 51.6 Å². The van der Waals surface area contributed by atoms with E-state index in [0.29, 0.717) is 0 Å². The molecule has 0 unspecified atom stereocenters. The minimum Gasteiger partial charge on any atom is -0.398 e. The fourth-order valence-electron chi connectivity index (χ4n) is 4.52. The van der Waals surface area contributed by atoms with E-state index in [0.717, 1.165) is 23.9 Å². The minimum absolute atomic E-state index is 0.782. The molecule has 134 valence electrons. The van der Waals surface area contributed by atoms with Crippen LogP contribution in [-0.4, -0.2) is 6.26 Å². The normalized spacial score (nSPS) is 19.5. The molecule has 0 radical (unpaired) electrons. The highest BCUT2D eigenvalue weighted by Gasteiger charge is 2.30. The number of rotatable bonds is 5.